The number of fused-ring (bicyclic) bond motifs is 1. The number of hydrogen-bond acceptors (Lipinski definition) is 7. The molecule has 0 radical (unpaired) electrons. The highest BCUT2D eigenvalue weighted by molar-refractivity contribution is 6.02. The second kappa shape index (κ2) is 18.9. The van der Waals surface area contributed by atoms with Crippen molar-refractivity contribution in [3.63, 3.8) is 0 Å². The first-order valence-electron chi connectivity index (χ1n) is 22.5. The summed E-state index contributed by atoms with van der Waals surface area (Å²) in [6.07, 6.45) is 26.9. The molecule has 3 N–H and O–H groups in total. The van der Waals surface area contributed by atoms with Crippen molar-refractivity contribution >= 4 is 17.7 Å². The van der Waals surface area contributed by atoms with Crippen LogP contribution in [0.4, 0.5) is 0 Å². The molecule has 0 aromatic rings. The Morgan fingerprint density at radius 3 is 2.26 bits per heavy atom. The zero-order valence-corrected chi connectivity index (χ0v) is 33.0. The minimum Gasteiger partial charge on any atom is -0.393 e. The van der Waals surface area contributed by atoms with Crippen LogP contribution in [-0.4, -0.2) is 95.7 Å². The summed E-state index contributed by atoms with van der Waals surface area (Å²) in [4.78, 5) is 41.5. The molecule has 4 aliphatic heterocycles. The van der Waals surface area contributed by atoms with Crippen molar-refractivity contribution in [2.45, 2.75) is 185 Å². The maximum absolute atomic E-state index is 13.1. The van der Waals surface area contributed by atoms with Crippen molar-refractivity contribution in [2.75, 3.05) is 32.8 Å². The molecule has 7 aliphatic rings. The molecule has 298 valence electrons. The topological polar surface area (TPSA) is 111 Å². The molecule has 7 rings (SSSR count). The predicted molar refractivity (Wildman–Crippen MR) is 208 cm³/mol. The Labute approximate surface area is 320 Å². The van der Waals surface area contributed by atoms with Gasteiger partial charge in [-0.3, -0.25) is 19.7 Å². The summed E-state index contributed by atoms with van der Waals surface area (Å²) in [5.74, 6) is 2.58. The highest BCUT2D eigenvalue weighted by Crippen LogP contribution is 2.46. The summed E-state index contributed by atoms with van der Waals surface area (Å²) in [6.45, 7) is 7.36. The maximum Gasteiger partial charge on any atom is 0.249 e. The molecule has 7 fully saturated rings. The van der Waals surface area contributed by atoms with Crippen molar-refractivity contribution in [1.29, 1.82) is 0 Å². The van der Waals surface area contributed by atoms with Crippen LogP contribution in [0, 0.1) is 29.6 Å². The van der Waals surface area contributed by atoms with E-state index in [-0.39, 0.29) is 35.8 Å². The van der Waals surface area contributed by atoms with E-state index in [1.54, 1.807) is 4.90 Å². The maximum atomic E-state index is 13.1. The summed E-state index contributed by atoms with van der Waals surface area (Å²) in [7, 11) is 0. The van der Waals surface area contributed by atoms with E-state index in [0.29, 0.717) is 37.5 Å². The van der Waals surface area contributed by atoms with Crippen LogP contribution in [0.5, 0.6) is 0 Å². The minimum absolute atomic E-state index is 0.0297. The van der Waals surface area contributed by atoms with Gasteiger partial charge < -0.3 is 25.0 Å². The van der Waals surface area contributed by atoms with Gasteiger partial charge in [0.15, 0.2) is 0 Å². The minimum atomic E-state index is -0.493. The Bertz CT molecular complexity index is 1270. The first-order valence-corrected chi connectivity index (χ1v) is 22.5. The Kier molecular flexibility index (Phi) is 14.0. The highest BCUT2D eigenvalue weighted by Gasteiger charge is 2.48. The van der Waals surface area contributed by atoms with Crippen molar-refractivity contribution in [1.82, 2.24) is 20.4 Å². The molecule has 3 aliphatic carbocycles. The van der Waals surface area contributed by atoms with Crippen LogP contribution in [0.2, 0.25) is 0 Å². The number of unbranched alkanes of at least 4 members (excludes halogenated alkanes) is 1. The molecule has 0 aromatic heterocycles. The lowest BCUT2D eigenvalue weighted by molar-refractivity contribution is -0.144. The molecule has 9 nitrogen and oxygen atoms in total. The Morgan fingerprint density at radius 1 is 0.792 bits per heavy atom. The first-order chi connectivity index (χ1) is 25.9. The molecule has 3 saturated carbocycles. The van der Waals surface area contributed by atoms with E-state index in [2.05, 4.69) is 22.5 Å². The van der Waals surface area contributed by atoms with Gasteiger partial charge in [0.2, 0.25) is 17.7 Å². The molecule has 5 unspecified atom stereocenters. The van der Waals surface area contributed by atoms with Crippen LogP contribution in [0.1, 0.15) is 155 Å². The van der Waals surface area contributed by atoms with Crippen molar-refractivity contribution in [3.8, 4) is 0 Å². The first kappa shape index (κ1) is 39.4. The second-order valence-corrected chi connectivity index (χ2v) is 18.4. The molecular weight excluding hydrogens is 665 g/mol. The number of likely N-dealkylation sites (tertiary alicyclic amines) is 2. The lowest BCUT2D eigenvalue weighted by Crippen LogP contribution is -2.53. The molecule has 4 saturated heterocycles. The lowest BCUT2D eigenvalue weighted by Gasteiger charge is -2.39. The number of imide groups is 1. The molecule has 0 bridgehead atoms. The van der Waals surface area contributed by atoms with Gasteiger partial charge in [-0.25, -0.2) is 0 Å². The number of piperidine rings is 2. The molecule has 0 spiro atoms. The fraction of sp³-hybridized carbons (Fsp3) is 0.886. The third-order valence-electron chi connectivity index (χ3n) is 15.0. The van der Waals surface area contributed by atoms with Crippen molar-refractivity contribution in [3.05, 3.63) is 11.1 Å². The van der Waals surface area contributed by atoms with Crippen LogP contribution in [0.25, 0.3) is 0 Å². The number of amides is 3. The molecular formula is C44H72N4O5. The zero-order valence-electron chi connectivity index (χ0n) is 33.0. The van der Waals surface area contributed by atoms with E-state index in [9.17, 15) is 19.5 Å². The van der Waals surface area contributed by atoms with Gasteiger partial charge in [0.1, 0.15) is 6.04 Å². The standard InChI is InChI=1S/C44H72N4O5/c1-2-37(31-9-4-3-5-10-31)42(32-12-17-35(49)18-13-32)33-14-19-36(20-15-33)53-27-26-47-25-24-30(28-47)8-6-7-11-34-16-21-38-39(45-34)29-48(44(38)52)40-22-23-41(50)46-43(40)51/h30-36,38-40,45,49H,2-29H2,1H3,(H,46,50,51)/b42-37-. The number of aliphatic hydroxyl groups is 1. The number of carbonyl (C=O) groups excluding carboxylic acids is 3. The molecule has 0 aromatic carbocycles. The van der Waals surface area contributed by atoms with Gasteiger partial charge in [-0.1, -0.05) is 50.2 Å². The lowest BCUT2D eigenvalue weighted by atomic mass is 9.68. The number of allylic oxidation sites excluding steroid dienone is 2. The third kappa shape index (κ3) is 9.96. The van der Waals surface area contributed by atoms with E-state index in [1.807, 2.05) is 11.1 Å². The second-order valence-electron chi connectivity index (χ2n) is 18.4. The average molecular weight is 737 g/mol. The zero-order chi connectivity index (χ0) is 36.7. The van der Waals surface area contributed by atoms with Gasteiger partial charge in [0.05, 0.1) is 24.7 Å². The van der Waals surface area contributed by atoms with Crippen LogP contribution < -0.4 is 10.6 Å². The summed E-state index contributed by atoms with van der Waals surface area (Å²) in [5, 5.41) is 16.5. The number of carbonyl (C=O) groups is 3. The van der Waals surface area contributed by atoms with Crippen LogP contribution in [0.15, 0.2) is 11.1 Å². The number of nitrogens with zero attached hydrogens (tertiary/aromatic N) is 2. The van der Waals surface area contributed by atoms with Gasteiger partial charge in [0.25, 0.3) is 0 Å². The normalized spacial score (nSPS) is 36.8. The third-order valence-corrected chi connectivity index (χ3v) is 15.0. The van der Waals surface area contributed by atoms with Gasteiger partial charge in [0, 0.05) is 38.1 Å². The SMILES string of the molecule is CC/C(=C(\C1CCC(O)CC1)C1CCC(OCCN2CCC(CCCCC3CCC4C(=O)N(C5CCC(=O)NC5=O)CC4N3)C2)CC1)C1CCCCC1. The summed E-state index contributed by atoms with van der Waals surface area (Å²) >= 11 is 0. The van der Waals surface area contributed by atoms with E-state index in [4.69, 9.17) is 4.74 Å². The van der Waals surface area contributed by atoms with E-state index < -0.39 is 6.04 Å². The predicted octanol–water partition coefficient (Wildman–Crippen LogP) is 6.67. The number of ether oxygens (including phenoxy) is 1. The van der Waals surface area contributed by atoms with Crippen molar-refractivity contribution < 1.29 is 24.2 Å². The monoisotopic (exact) mass is 737 g/mol. The number of aliphatic hydroxyl groups excluding tert-OH is 1. The van der Waals surface area contributed by atoms with E-state index in [0.717, 1.165) is 63.0 Å². The average Bonchev–Trinajstić information content (AvgIpc) is 3.76. The molecule has 3 amide bonds. The molecule has 4 heterocycles. The Morgan fingerprint density at radius 2 is 1.53 bits per heavy atom. The fourth-order valence-electron chi connectivity index (χ4n) is 12.1. The van der Waals surface area contributed by atoms with Gasteiger partial charge in [-0.05, 0) is 139 Å². The number of nitrogens with one attached hydrogen (secondary N) is 2. The smallest absolute Gasteiger partial charge is 0.249 e. The van der Waals surface area contributed by atoms with Crippen molar-refractivity contribution in [2.24, 2.45) is 29.6 Å². The fourth-order valence-corrected chi connectivity index (χ4v) is 12.1. The van der Waals surface area contributed by atoms with Crippen LogP contribution >= 0.6 is 0 Å². The Balaban J connectivity index is 0.776. The van der Waals surface area contributed by atoms with Gasteiger partial charge in [-0.2, -0.15) is 0 Å². The van der Waals surface area contributed by atoms with E-state index in [1.165, 1.54) is 116 Å². The van der Waals surface area contributed by atoms with Gasteiger partial charge >= 0.3 is 0 Å². The highest BCUT2D eigenvalue weighted by atomic mass is 16.5. The summed E-state index contributed by atoms with van der Waals surface area (Å²) in [5.41, 5.74) is 3.70. The van der Waals surface area contributed by atoms with Crippen LogP contribution in [0.3, 0.4) is 0 Å². The molecule has 53 heavy (non-hydrogen) atoms. The van der Waals surface area contributed by atoms with Gasteiger partial charge in [-0.15, -0.1) is 0 Å². The summed E-state index contributed by atoms with van der Waals surface area (Å²) < 4.78 is 6.57. The molecule has 5 atom stereocenters. The quantitative estimate of drug-likeness (QED) is 0.104. The number of hydrogen-bond donors (Lipinski definition) is 3. The van der Waals surface area contributed by atoms with Crippen LogP contribution in [-0.2, 0) is 19.1 Å². The van der Waals surface area contributed by atoms with E-state index >= 15 is 0 Å². The number of rotatable bonds is 14. The summed E-state index contributed by atoms with van der Waals surface area (Å²) in [6, 6.07) is 0.0830. The Hall–Kier alpha value is -1.81. The molecule has 9 heteroatoms. The largest absolute Gasteiger partial charge is 0.393 e.